The molecule has 106 valence electrons. The third-order valence-electron chi connectivity index (χ3n) is 2.53. The molecule has 0 bridgehead atoms. The molecule has 0 radical (unpaired) electrons. The van der Waals surface area contributed by atoms with Crippen molar-refractivity contribution in [2.24, 2.45) is 0 Å². The molecule has 0 atom stereocenters. The van der Waals surface area contributed by atoms with Gasteiger partial charge in [0, 0.05) is 10.2 Å². The van der Waals surface area contributed by atoms with E-state index in [-0.39, 0.29) is 12.4 Å². The maximum absolute atomic E-state index is 13.5. The molecule has 0 unspecified atom stereocenters. The number of nitrogens with zero attached hydrogens (tertiary/aromatic N) is 1. The second-order valence-corrected chi connectivity index (χ2v) is 5.02. The van der Waals surface area contributed by atoms with Gasteiger partial charge in [0.15, 0.2) is 18.2 Å². The fourth-order valence-electron chi connectivity index (χ4n) is 1.60. The summed E-state index contributed by atoms with van der Waals surface area (Å²) in [4.78, 5) is 11.7. The first-order valence-electron chi connectivity index (χ1n) is 5.96. The van der Waals surface area contributed by atoms with Crippen molar-refractivity contribution in [3.05, 3.63) is 58.3 Å². The lowest BCUT2D eigenvalue weighted by Crippen LogP contribution is -2.20. The Bertz CT molecular complexity index is 713. The van der Waals surface area contributed by atoms with E-state index in [1.54, 1.807) is 24.3 Å². The number of hydrogen-bond acceptors (Lipinski definition) is 3. The normalized spacial score (nSPS) is 9.76. The Morgan fingerprint density at radius 3 is 2.86 bits per heavy atom. The van der Waals surface area contributed by atoms with Crippen LogP contribution in [0.15, 0.2) is 46.9 Å². The van der Waals surface area contributed by atoms with E-state index in [0.29, 0.717) is 15.7 Å². The number of carbonyl (C=O) groups is 1. The molecule has 4 nitrogen and oxygen atoms in total. The fourth-order valence-corrected chi connectivity index (χ4v) is 1.93. The van der Waals surface area contributed by atoms with Crippen LogP contribution in [0.1, 0.15) is 5.56 Å². The van der Waals surface area contributed by atoms with Crippen molar-refractivity contribution in [3.63, 3.8) is 0 Å². The van der Waals surface area contributed by atoms with E-state index in [0.717, 1.165) is 0 Å². The summed E-state index contributed by atoms with van der Waals surface area (Å²) in [5, 5.41) is 11.3. The van der Waals surface area contributed by atoms with Crippen molar-refractivity contribution in [1.29, 1.82) is 5.26 Å². The molecule has 2 aromatic rings. The molecule has 2 rings (SSSR count). The van der Waals surface area contributed by atoms with Crippen molar-refractivity contribution in [3.8, 4) is 11.8 Å². The van der Waals surface area contributed by atoms with Gasteiger partial charge in [-0.25, -0.2) is 4.39 Å². The molecule has 0 aliphatic heterocycles. The fraction of sp³-hybridized carbons (Fsp3) is 0.0667. The minimum absolute atomic E-state index is 0.000810. The lowest BCUT2D eigenvalue weighted by atomic mass is 10.2. The first-order chi connectivity index (χ1) is 10.1. The van der Waals surface area contributed by atoms with Crippen LogP contribution in [0.5, 0.6) is 5.75 Å². The Morgan fingerprint density at radius 1 is 1.33 bits per heavy atom. The predicted molar refractivity (Wildman–Crippen MR) is 79.4 cm³/mol. The smallest absolute Gasteiger partial charge is 0.262 e. The number of amides is 1. The van der Waals surface area contributed by atoms with Crippen LogP contribution in [0.4, 0.5) is 10.1 Å². The topological polar surface area (TPSA) is 62.1 Å². The van der Waals surface area contributed by atoms with Gasteiger partial charge < -0.3 is 10.1 Å². The Hall–Kier alpha value is -2.39. The number of carbonyl (C=O) groups excluding carboxylic acids is 1. The molecule has 1 N–H and O–H groups in total. The van der Waals surface area contributed by atoms with Gasteiger partial charge in [0.1, 0.15) is 0 Å². The van der Waals surface area contributed by atoms with Crippen LogP contribution in [0, 0.1) is 17.1 Å². The standard InChI is InChI=1S/C15H10BrFN2O2/c16-11-4-5-14(13(17)7-11)21-9-15(20)19-12-3-1-2-10(6-12)8-18/h1-7H,9H2,(H,19,20). The number of hydrogen-bond donors (Lipinski definition) is 1. The number of anilines is 1. The summed E-state index contributed by atoms with van der Waals surface area (Å²) in [6, 6.07) is 12.8. The third-order valence-corrected chi connectivity index (χ3v) is 3.02. The van der Waals surface area contributed by atoms with Gasteiger partial charge in [-0.1, -0.05) is 22.0 Å². The zero-order valence-corrected chi connectivity index (χ0v) is 12.4. The Kier molecular flexibility index (Phi) is 4.90. The number of benzene rings is 2. The average molecular weight is 349 g/mol. The summed E-state index contributed by atoms with van der Waals surface area (Å²) >= 11 is 3.13. The number of rotatable bonds is 4. The van der Waals surface area contributed by atoms with Crippen molar-refractivity contribution in [2.45, 2.75) is 0 Å². The van der Waals surface area contributed by atoms with Gasteiger partial charge in [0.2, 0.25) is 0 Å². The Labute approximate surface area is 129 Å². The third kappa shape index (κ3) is 4.29. The zero-order chi connectivity index (χ0) is 15.2. The molecule has 0 saturated heterocycles. The van der Waals surface area contributed by atoms with Gasteiger partial charge in [-0.05, 0) is 36.4 Å². The van der Waals surface area contributed by atoms with E-state index in [1.165, 1.54) is 18.2 Å². The average Bonchev–Trinajstić information content (AvgIpc) is 2.46. The molecule has 0 aromatic heterocycles. The number of nitriles is 1. The second kappa shape index (κ2) is 6.86. The van der Waals surface area contributed by atoms with Crippen LogP contribution in [0.25, 0.3) is 0 Å². The van der Waals surface area contributed by atoms with Crippen LogP contribution in [-0.4, -0.2) is 12.5 Å². The molecule has 0 heterocycles. The molecule has 0 fully saturated rings. The number of ether oxygens (including phenoxy) is 1. The van der Waals surface area contributed by atoms with Crippen molar-refractivity contribution in [1.82, 2.24) is 0 Å². The zero-order valence-electron chi connectivity index (χ0n) is 10.8. The molecule has 6 heteroatoms. The second-order valence-electron chi connectivity index (χ2n) is 4.10. The minimum atomic E-state index is -0.552. The molecule has 21 heavy (non-hydrogen) atoms. The van der Waals surface area contributed by atoms with Crippen LogP contribution in [0.2, 0.25) is 0 Å². The summed E-state index contributed by atoms with van der Waals surface area (Å²) < 4.78 is 19.2. The van der Waals surface area contributed by atoms with Crippen LogP contribution in [0.3, 0.4) is 0 Å². The molecule has 0 saturated carbocycles. The van der Waals surface area contributed by atoms with Crippen molar-refractivity contribution < 1.29 is 13.9 Å². The van der Waals surface area contributed by atoms with Gasteiger partial charge in [0.25, 0.3) is 5.91 Å². The van der Waals surface area contributed by atoms with E-state index >= 15 is 0 Å². The van der Waals surface area contributed by atoms with E-state index in [2.05, 4.69) is 21.2 Å². The highest BCUT2D eigenvalue weighted by Gasteiger charge is 2.08. The summed E-state index contributed by atoms with van der Waals surface area (Å²) in [6.07, 6.45) is 0. The van der Waals surface area contributed by atoms with Crippen LogP contribution in [-0.2, 0) is 4.79 Å². The molecule has 1 amide bonds. The van der Waals surface area contributed by atoms with E-state index in [9.17, 15) is 9.18 Å². The maximum atomic E-state index is 13.5. The SMILES string of the molecule is N#Cc1cccc(NC(=O)COc2ccc(Br)cc2F)c1. The van der Waals surface area contributed by atoms with Gasteiger partial charge in [-0.3, -0.25) is 4.79 Å². The van der Waals surface area contributed by atoms with Gasteiger partial charge >= 0.3 is 0 Å². The van der Waals surface area contributed by atoms with Crippen LogP contribution < -0.4 is 10.1 Å². The maximum Gasteiger partial charge on any atom is 0.262 e. The first-order valence-corrected chi connectivity index (χ1v) is 6.75. The molecular weight excluding hydrogens is 339 g/mol. The molecule has 0 spiro atoms. The summed E-state index contributed by atoms with van der Waals surface area (Å²) in [6.45, 7) is -0.324. The van der Waals surface area contributed by atoms with E-state index in [1.807, 2.05) is 6.07 Å². The predicted octanol–water partition coefficient (Wildman–Crippen LogP) is 3.48. The van der Waals surface area contributed by atoms with E-state index < -0.39 is 11.7 Å². The Morgan fingerprint density at radius 2 is 2.14 bits per heavy atom. The molecule has 2 aromatic carbocycles. The molecule has 0 aliphatic rings. The van der Waals surface area contributed by atoms with E-state index in [4.69, 9.17) is 10.00 Å². The lowest BCUT2D eigenvalue weighted by molar-refractivity contribution is -0.118. The quantitative estimate of drug-likeness (QED) is 0.919. The molecule has 0 aliphatic carbocycles. The van der Waals surface area contributed by atoms with Crippen LogP contribution >= 0.6 is 15.9 Å². The van der Waals surface area contributed by atoms with Gasteiger partial charge in [0.05, 0.1) is 11.6 Å². The lowest BCUT2D eigenvalue weighted by Gasteiger charge is -2.08. The number of nitrogens with one attached hydrogen (secondary N) is 1. The minimum Gasteiger partial charge on any atom is -0.481 e. The summed E-state index contributed by atoms with van der Waals surface area (Å²) in [7, 11) is 0. The summed E-state index contributed by atoms with van der Waals surface area (Å²) in [5.74, 6) is -0.991. The summed E-state index contributed by atoms with van der Waals surface area (Å²) in [5.41, 5.74) is 0.923. The highest BCUT2D eigenvalue weighted by molar-refractivity contribution is 9.10. The monoisotopic (exact) mass is 348 g/mol. The van der Waals surface area contributed by atoms with Crippen molar-refractivity contribution >= 4 is 27.5 Å². The highest BCUT2D eigenvalue weighted by atomic mass is 79.9. The van der Waals surface area contributed by atoms with Gasteiger partial charge in [-0.2, -0.15) is 5.26 Å². The Balaban J connectivity index is 1.94. The van der Waals surface area contributed by atoms with Crippen molar-refractivity contribution in [2.75, 3.05) is 11.9 Å². The largest absolute Gasteiger partial charge is 0.481 e. The number of halogens is 2. The molecular formula is C15H10BrFN2O2. The van der Waals surface area contributed by atoms with Gasteiger partial charge in [-0.15, -0.1) is 0 Å². The first kappa shape index (κ1) is 15.0. The highest BCUT2D eigenvalue weighted by Crippen LogP contribution is 2.21.